The van der Waals surface area contributed by atoms with Crippen LogP contribution in [-0.2, 0) is 6.42 Å². The number of fused-ring (bicyclic) bond motifs is 1. The summed E-state index contributed by atoms with van der Waals surface area (Å²) in [6, 6.07) is 8.70. The van der Waals surface area contributed by atoms with E-state index in [9.17, 15) is 4.79 Å². The van der Waals surface area contributed by atoms with Crippen LogP contribution in [0, 0.1) is 20.8 Å². The van der Waals surface area contributed by atoms with Gasteiger partial charge in [0.05, 0.1) is 6.20 Å². The first-order valence-corrected chi connectivity index (χ1v) is 9.74. The number of aromatic nitrogens is 3. The first kappa shape index (κ1) is 17.7. The molecule has 0 aliphatic heterocycles. The van der Waals surface area contributed by atoms with Crippen molar-refractivity contribution in [3.05, 3.63) is 64.1 Å². The van der Waals surface area contributed by atoms with Crippen molar-refractivity contribution < 1.29 is 4.79 Å². The van der Waals surface area contributed by atoms with Gasteiger partial charge in [0.25, 0.3) is 5.91 Å². The van der Waals surface area contributed by atoms with Gasteiger partial charge < -0.3 is 5.32 Å². The highest BCUT2D eigenvalue weighted by atomic mass is 16.1. The molecule has 0 saturated heterocycles. The molecule has 0 unspecified atom stereocenters. The molecule has 0 spiro atoms. The van der Waals surface area contributed by atoms with Crippen LogP contribution in [-0.4, -0.2) is 26.5 Å². The Morgan fingerprint density at radius 2 is 1.93 bits per heavy atom. The van der Waals surface area contributed by atoms with Crippen molar-refractivity contribution in [1.29, 1.82) is 0 Å². The molecule has 5 nitrogen and oxygen atoms in total. The first-order valence-electron chi connectivity index (χ1n) is 9.74. The first-order chi connectivity index (χ1) is 13.0. The lowest BCUT2D eigenvalue weighted by molar-refractivity contribution is 0.0939. The van der Waals surface area contributed by atoms with Crippen LogP contribution in [0.2, 0.25) is 0 Å². The largest absolute Gasteiger partial charge is 0.349 e. The van der Waals surface area contributed by atoms with Crippen molar-refractivity contribution in [1.82, 2.24) is 19.9 Å². The van der Waals surface area contributed by atoms with E-state index in [1.54, 1.807) is 6.20 Å². The standard InChI is InChI=1S/C22H26N4O/c1-14-8-4-5-9-17(14)12-19-15(2)24-21-20(13-23-26(21)16(19)3)22(27)25-18-10-6-7-11-18/h4-5,8-9,13,18H,6-7,10-12H2,1-3H3,(H,25,27). The van der Waals surface area contributed by atoms with Crippen LogP contribution in [0.15, 0.2) is 30.5 Å². The third kappa shape index (κ3) is 3.34. The smallest absolute Gasteiger partial charge is 0.256 e. The van der Waals surface area contributed by atoms with Crippen LogP contribution in [0.5, 0.6) is 0 Å². The van der Waals surface area contributed by atoms with Gasteiger partial charge in [-0.1, -0.05) is 37.1 Å². The maximum Gasteiger partial charge on any atom is 0.256 e. The number of nitrogens with one attached hydrogen (secondary N) is 1. The SMILES string of the molecule is Cc1ccccc1Cc1c(C)nc2c(C(=O)NC3CCCC3)cnn2c1C. The van der Waals surface area contributed by atoms with Gasteiger partial charge in [-0.2, -0.15) is 5.10 Å². The maximum atomic E-state index is 12.7. The van der Waals surface area contributed by atoms with E-state index in [4.69, 9.17) is 4.98 Å². The summed E-state index contributed by atoms with van der Waals surface area (Å²) in [7, 11) is 0. The summed E-state index contributed by atoms with van der Waals surface area (Å²) < 4.78 is 1.81. The van der Waals surface area contributed by atoms with E-state index in [2.05, 4.69) is 48.5 Å². The third-order valence-electron chi connectivity index (χ3n) is 5.77. The Hall–Kier alpha value is -2.69. The normalized spacial score (nSPS) is 14.8. The highest BCUT2D eigenvalue weighted by Gasteiger charge is 2.22. The van der Waals surface area contributed by atoms with Gasteiger partial charge >= 0.3 is 0 Å². The van der Waals surface area contributed by atoms with Crippen LogP contribution in [0.3, 0.4) is 0 Å². The Labute approximate surface area is 159 Å². The molecule has 0 bridgehead atoms. The van der Waals surface area contributed by atoms with Crippen molar-refractivity contribution in [3.63, 3.8) is 0 Å². The lowest BCUT2D eigenvalue weighted by Gasteiger charge is -2.14. The Morgan fingerprint density at radius 3 is 2.67 bits per heavy atom. The monoisotopic (exact) mass is 362 g/mol. The van der Waals surface area contributed by atoms with E-state index < -0.39 is 0 Å². The number of amides is 1. The maximum absolute atomic E-state index is 12.7. The predicted octanol–water partition coefficient (Wildman–Crippen LogP) is 3.92. The van der Waals surface area contributed by atoms with Gasteiger partial charge in [-0.3, -0.25) is 4.79 Å². The zero-order valence-corrected chi connectivity index (χ0v) is 16.2. The summed E-state index contributed by atoms with van der Waals surface area (Å²) in [6.45, 7) is 6.21. The molecule has 1 N–H and O–H groups in total. The molecule has 1 saturated carbocycles. The molecule has 4 rings (SSSR count). The lowest BCUT2D eigenvalue weighted by Crippen LogP contribution is -2.32. The molecule has 0 atom stereocenters. The minimum absolute atomic E-state index is 0.0603. The topological polar surface area (TPSA) is 59.3 Å². The summed E-state index contributed by atoms with van der Waals surface area (Å²) in [4.78, 5) is 17.5. The second-order valence-electron chi connectivity index (χ2n) is 7.61. The van der Waals surface area contributed by atoms with Crippen LogP contribution in [0.4, 0.5) is 0 Å². The van der Waals surface area contributed by atoms with Gasteiger partial charge in [0.1, 0.15) is 5.56 Å². The molecule has 2 aromatic heterocycles. The van der Waals surface area contributed by atoms with Crippen molar-refractivity contribution in [2.75, 3.05) is 0 Å². The van der Waals surface area contributed by atoms with Gasteiger partial charge in [-0.05, 0) is 50.3 Å². The van der Waals surface area contributed by atoms with E-state index >= 15 is 0 Å². The number of hydrogen-bond acceptors (Lipinski definition) is 3. The number of nitrogens with zero attached hydrogens (tertiary/aromatic N) is 3. The molecule has 1 amide bonds. The van der Waals surface area contributed by atoms with E-state index in [-0.39, 0.29) is 11.9 Å². The Kier molecular flexibility index (Phi) is 4.68. The quantitative estimate of drug-likeness (QED) is 0.765. The fourth-order valence-electron chi connectivity index (χ4n) is 4.06. The number of rotatable bonds is 4. The number of hydrogen-bond donors (Lipinski definition) is 1. The average molecular weight is 362 g/mol. The van der Waals surface area contributed by atoms with Crippen LogP contribution in [0.25, 0.3) is 5.65 Å². The van der Waals surface area contributed by atoms with Crippen molar-refractivity contribution in [2.24, 2.45) is 0 Å². The van der Waals surface area contributed by atoms with E-state index in [0.29, 0.717) is 11.2 Å². The number of carbonyl (C=O) groups is 1. The summed E-state index contributed by atoms with van der Waals surface area (Å²) in [5, 5.41) is 7.61. The van der Waals surface area contributed by atoms with Gasteiger partial charge in [-0.25, -0.2) is 9.50 Å². The minimum atomic E-state index is -0.0603. The third-order valence-corrected chi connectivity index (χ3v) is 5.77. The van der Waals surface area contributed by atoms with Crippen LogP contribution >= 0.6 is 0 Å². The van der Waals surface area contributed by atoms with Crippen LogP contribution < -0.4 is 5.32 Å². The fraction of sp³-hybridized carbons (Fsp3) is 0.409. The Balaban J connectivity index is 1.68. The molecule has 2 heterocycles. The van der Waals surface area contributed by atoms with E-state index in [1.807, 2.05) is 11.4 Å². The van der Waals surface area contributed by atoms with Gasteiger partial charge in [0, 0.05) is 23.9 Å². The summed E-state index contributed by atoms with van der Waals surface area (Å²) in [5.74, 6) is -0.0603. The molecule has 1 fully saturated rings. The molecule has 1 aromatic carbocycles. The van der Waals surface area contributed by atoms with Crippen molar-refractivity contribution >= 4 is 11.6 Å². The molecule has 1 aliphatic carbocycles. The molecule has 140 valence electrons. The fourth-order valence-corrected chi connectivity index (χ4v) is 4.06. The average Bonchev–Trinajstić information content (AvgIpc) is 3.29. The molecule has 27 heavy (non-hydrogen) atoms. The Morgan fingerprint density at radius 1 is 1.19 bits per heavy atom. The molecule has 1 aliphatic rings. The molecule has 0 radical (unpaired) electrons. The zero-order valence-electron chi connectivity index (χ0n) is 16.2. The summed E-state index contributed by atoms with van der Waals surface area (Å²) in [5.41, 5.74) is 6.94. The van der Waals surface area contributed by atoms with Crippen molar-refractivity contribution in [3.8, 4) is 0 Å². The summed E-state index contributed by atoms with van der Waals surface area (Å²) in [6.07, 6.45) is 6.98. The summed E-state index contributed by atoms with van der Waals surface area (Å²) >= 11 is 0. The number of aryl methyl sites for hydroxylation is 3. The number of benzene rings is 1. The van der Waals surface area contributed by atoms with Gasteiger partial charge in [0.15, 0.2) is 5.65 Å². The second-order valence-corrected chi connectivity index (χ2v) is 7.61. The minimum Gasteiger partial charge on any atom is -0.349 e. The van der Waals surface area contributed by atoms with Crippen molar-refractivity contribution in [2.45, 2.75) is 58.9 Å². The predicted molar refractivity (Wildman–Crippen MR) is 106 cm³/mol. The van der Waals surface area contributed by atoms with E-state index in [0.717, 1.165) is 30.7 Å². The Bertz CT molecular complexity index is 999. The molecular formula is C22H26N4O. The molecule has 3 aromatic rings. The van der Waals surface area contributed by atoms with Gasteiger partial charge in [0.2, 0.25) is 0 Å². The lowest BCUT2D eigenvalue weighted by atomic mass is 9.99. The highest BCUT2D eigenvalue weighted by Crippen LogP contribution is 2.23. The van der Waals surface area contributed by atoms with Gasteiger partial charge in [-0.15, -0.1) is 0 Å². The molecule has 5 heteroatoms. The second kappa shape index (κ2) is 7.14. The van der Waals surface area contributed by atoms with Crippen LogP contribution in [0.1, 0.15) is 64.1 Å². The number of carbonyl (C=O) groups excluding carboxylic acids is 1. The van der Waals surface area contributed by atoms with E-state index in [1.165, 1.54) is 29.5 Å². The molecular weight excluding hydrogens is 336 g/mol. The highest BCUT2D eigenvalue weighted by molar-refractivity contribution is 5.99. The zero-order chi connectivity index (χ0) is 19.0.